The number of hydrogen-bond acceptors (Lipinski definition) is 6. The van der Waals surface area contributed by atoms with Crippen LogP contribution in [0.3, 0.4) is 0 Å². The molecular weight excluding hydrogens is 194 g/mol. The fraction of sp³-hybridized carbons (Fsp3) is 0.857. The number of aliphatic hydroxyl groups excluding tert-OH is 4. The monoisotopic (exact) mass is 205 g/mol. The molecule has 2 rings (SSSR count). The summed E-state index contributed by atoms with van der Waals surface area (Å²) in [6.45, 7) is -0.0964. The lowest BCUT2D eigenvalue weighted by Crippen LogP contribution is -2.65. The van der Waals surface area contributed by atoms with E-state index in [0.717, 1.165) is 4.90 Å². The van der Waals surface area contributed by atoms with Gasteiger partial charge in [0, 0.05) is 0 Å². The number of carbonyl (C=O) groups excluding carboxylic acids is 1. The highest BCUT2D eigenvalue weighted by molar-refractivity contribution is 5.70. The van der Waals surface area contributed by atoms with Gasteiger partial charge in [-0.3, -0.25) is 4.90 Å². The highest BCUT2D eigenvalue weighted by atomic mass is 16.6. The van der Waals surface area contributed by atoms with Crippen molar-refractivity contribution >= 4 is 6.09 Å². The average molecular weight is 205 g/mol. The van der Waals surface area contributed by atoms with Crippen molar-refractivity contribution in [3.05, 3.63) is 0 Å². The molecule has 0 aliphatic carbocycles. The molecule has 2 fully saturated rings. The fourth-order valence-corrected chi connectivity index (χ4v) is 1.78. The van der Waals surface area contributed by atoms with Crippen molar-refractivity contribution in [2.45, 2.75) is 30.6 Å². The van der Waals surface area contributed by atoms with Crippen molar-refractivity contribution in [2.24, 2.45) is 0 Å². The number of piperidine rings is 1. The van der Waals surface area contributed by atoms with Crippen LogP contribution in [0.25, 0.3) is 0 Å². The second kappa shape index (κ2) is 3.06. The van der Waals surface area contributed by atoms with Crippen LogP contribution < -0.4 is 0 Å². The zero-order valence-corrected chi connectivity index (χ0v) is 7.15. The number of carbonyl (C=O) groups is 1. The summed E-state index contributed by atoms with van der Waals surface area (Å²) in [6.07, 6.45) is -6.69. The van der Waals surface area contributed by atoms with E-state index in [1.165, 1.54) is 0 Å². The maximum absolute atomic E-state index is 11.1. The molecule has 0 aromatic carbocycles. The molecular formula is C7H11NO6. The molecule has 0 unspecified atom stereocenters. The summed E-state index contributed by atoms with van der Waals surface area (Å²) in [7, 11) is 0. The standard InChI is InChI=1S/C7H11NO6/c9-3-2-1-14-7(13)8(2)6(12)5(11)4(3)10/h2-6,9-12H,1H2/t2-,3+,4+,5-,6-/m1/s1. The topological polar surface area (TPSA) is 110 Å². The van der Waals surface area contributed by atoms with Gasteiger partial charge in [0.25, 0.3) is 0 Å². The number of amides is 1. The fourth-order valence-electron chi connectivity index (χ4n) is 1.78. The molecule has 0 radical (unpaired) electrons. The highest BCUT2D eigenvalue weighted by Crippen LogP contribution is 2.28. The predicted octanol–water partition coefficient (Wildman–Crippen LogP) is -2.78. The maximum atomic E-state index is 11.1. The number of ether oxygens (including phenoxy) is 1. The Kier molecular flexibility index (Phi) is 2.11. The first-order valence-corrected chi connectivity index (χ1v) is 4.21. The van der Waals surface area contributed by atoms with E-state index in [1.807, 2.05) is 0 Å². The van der Waals surface area contributed by atoms with E-state index < -0.39 is 36.7 Å². The molecule has 2 saturated heterocycles. The summed E-state index contributed by atoms with van der Waals surface area (Å²) >= 11 is 0. The normalized spacial score (nSPS) is 47.6. The van der Waals surface area contributed by atoms with Crippen LogP contribution in [0.4, 0.5) is 4.79 Å². The van der Waals surface area contributed by atoms with Crippen LogP contribution in [-0.4, -0.2) is 68.6 Å². The maximum Gasteiger partial charge on any atom is 0.412 e. The van der Waals surface area contributed by atoms with Gasteiger partial charge in [0.05, 0.1) is 0 Å². The van der Waals surface area contributed by atoms with E-state index in [1.54, 1.807) is 0 Å². The van der Waals surface area contributed by atoms with E-state index in [4.69, 9.17) is 0 Å². The molecule has 0 aromatic rings. The SMILES string of the molecule is O=C1OC[C@@H]2[C@H](O)[C@H](O)[C@@H](O)[C@@H](O)N12. The Morgan fingerprint density at radius 2 is 1.79 bits per heavy atom. The van der Waals surface area contributed by atoms with Crippen molar-refractivity contribution in [1.82, 2.24) is 4.90 Å². The van der Waals surface area contributed by atoms with Gasteiger partial charge in [0.15, 0.2) is 6.23 Å². The molecule has 5 atom stereocenters. The molecule has 1 amide bonds. The molecule has 0 spiro atoms. The zero-order chi connectivity index (χ0) is 10.5. The zero-order valence-electron chi connectivity index (χ0n) is 7.15. The first kappa shape index (κ1) is 9.66. The van der Waals surface area contributed by atoms with E-state index in [-0.39, 0.29) is 6.61 Å². The second-order valence-electron chi connectivity index (χ2n) is 3.44. The Bertz CT molecular complexity index is 259. The Morgan fingerprint density at radius 1 is 1.14 bits per heavy atom. The number of fused-ring (bicyclic) bond motifs is 1. The minimum Gasteiger partial charge on any atom is -0.447 e. The Balaban J connectivity index is 2.27. The van der Waals surface area contributed by atoms with Gasteiger partial charge in [-0.15, -0.1) is 0 Å². The molecule has 2 heterocycles. The van der Waals surface area contributed by atoms with Gasteiger partial charge in [-0.2, -0.15) is 0 Å². The lowest BCUT2D eigenvalue weighted by molar-refractivity contribution is -0.193. The van der Waals surface area contributed by atoms with Crippen LogP contribution in [0, 0.1) is 0 Å². The molecule has 0 saturated carbocycles. The smallest absolute Gasteiger partial charge is 0.412 e. The lowest BCUT2D eigenvalue weighted by atomic mass is 9.94. The third-order valence-electron chi connectivity index (χ3n) is 2.63. The second-order valence-corrected chi connectivity index (χ2v) is 3.44. The molecule has 7 heteroatoms. The summed E-state index contributed by atoms with van der Waals surface area (Å²) in [5, 5.41) is 37.4. The van der Waals surface area contributed by atoms with E-state index in [9.17, 15) is 25.2 Å². The van der Waals surface area contributed by atoms with Crippen molar-refractivity contribution in [3.8, 4) is 0 Å². The minimum atomic E-state index is -1.58. The summed E-state index contributed by atoms with van der Waals surface area (Å²) in [5.41, 5.74) is 0. The van der Waals surface area contributed by atoms with E-state index in [2.05, 4.69) is 4.74 Å². The van der Waals surface area contributed by atoms with Crippen LogP contribution in [0.15, 0.2) is 0 Å². The summed E-state index contributed by atoms with van der Waals surface area (Å²) in [4.78, 5) is 11.9. The molecule has 14 heavy (non-hydrogen) atoms. The van der Waals surface area contributed by atoms with Crippen molar-refractivity contribution in [1.29, 1.82) is 0 Å². The average Bonchev–Trinajstić information content (AvgIpc) is 2.54. The molecule has 0 aromatic heterocycles. The van der Waals surface area contributed by atoms with Gasteiger partial charge in [-0.25, -0.2) is 4.79 Å². The number of cyclic esters (lactones) is 1. The Morgan fingerprint density at radius 3 is 2.43 bits per heavy atom. The predicted molar refractivity (Wildman–Crippen MR) is 41.0 cm³/mol. The third-order valence-corrected chi connectivity index (χ3v) is 2.63. The van der Waals surface area contributed by atoms with Gasteiger partial charge >= 0.3 is 6.09 Å². The van der Waals surface area contributed by atoms with Crippen LogP contribution >= 0.6 is 0 Å². The van der Waals surface area contributed by atoms with Gasteiger partial charge < -0.3 is 25.2 Å². The first-order valence-electron chi connectivity index (χ1n) is 4.21. The van der Waals surface area contributed by atoms with Crippen LogP contribution in [0.5, 0.6) is 0 Å². The Hall–Kier alpha value is -0.890. The summed E-state index contributed by atoms with van der Waals surface area (Å²) < 4.78 is 4.58. The Labute approximate surface area is 79.1 Å². The molecule has 2 aliphatic rings. The van der Waals surface area contributed by atoms with Gasteiger partial charge in [-0.1, -0.05) is 0 Å². The minimum absolute atomic E-state index is 0.0964. The van der Waals surface area contributed by atoms with Gasteiger partial charge in [0.1, 0.15) is 31.0 Å². The van der Waals surface area contributed by atoms with Crippen molar-refractivity contribution in [3.63, 3.8) is 0 Å². The number of nitrogens with zero attached hydrogens (tertiary/aromatic N) is 1. The lowest BCUT2D eigenvalue weighted by Gasteiger charge is -2.41. The molecule has 80 valence electrons. The van der Waals surface area contributed by atoms with Gasteiger partial charge in [0.2, 0.25) is 0 Å². The van der Waals surface area contributed by atoms with Crippen molar-refractivity contribution in [2.75, 3.05) is 6.61 Å². The molecule has 4 N–H and O–H groups in total. The van der Waals surface area contributed by atoms with Crippen LogP contribution in [0.1, 0.15) is 0 Å². The molecule has 7 nitrogen and oxygen atoms in total. The van der Waals surface area contributed by atoms with E-state index >= 15 is 0 Å². The van der Waals surface area contributed by atoms with Crippen molar-refractivity contribution < 1.29 is 30.0 Å². The largest absolute Gasteiger partial charge is 0.447 e. The van der Waals surface area contributed by atoms with Crippen LogP contribution in [0.2, 0.25) is 0 Å². The molecule has 0 bridgehead atoms. The first-order chi connectivity index (χ1) is 6.54. The quantitative estimate of drug-likeness (QED) is 0.340. The van der Waals surface area contributed by atoms with Crippen LogP contribution in [-0.2, 0) is 4.74 Å². The third kappa shape index (κ3) is 1.10. The summed E-state index contributed by atoms with van der Waals surface area (Å²) in [6, 6.07) is -0.795. The number of aliphatic hydroxyl groups is 4. The number of rotatable bonds is 0. The summed E-state index contributed by atoms with van der Waals surface area (Å²) in [5.74, 6) is 0. The van der Waals surface area contributed by atoms with E-state index in [0.29, 0.717) is 0 Å². The number of hydrogen-bond donors (Lipinski definition) is 4. The van der Waals surface area contributed by atoms with Gasteiger partial charge in [-0.05, 0) is 0 Å². The highest BCUT2D eigenvalue weighted by Gasteiger charge is 2.53. The molecule has 2 aliphatic heterocycles.